The Morgan fingerprint density at radius 1 is 1.19 bits per heavy atom. The Balaban J connectivity index is 1.85. The Morgan fingerprint density at radius 2 is 1.86 bits per heavy atom. The van der Waals surface area contributed by atoms with Gasteiger partial charge in [0.05, 0.1) is 6.21 Å². The molecule has 5 nitrogen and oxygen atoms in total. The summed E-state index contributed by atoms with van der Waals surface area (Å²) in [6, 6.07) is 15.6. The molecule has 21 heavy (non-hydrogen) atoms. The molecule has 2 N–H and O–H groups in total. The summed E-state index contributed by atoms with van der Waals surface area (Å²) in [5, 5.41) is 13.0. The van der Waals surface area contributed by atoms with Crippen LogP contribution in [0.15, 0.2) is 59.7 Å². The van der Waals surface area contributed by atoms with Crippen molar-refractivity contribution in [1.29, 1.82) is 0 Å². The van der Waals surface area contributed by atoms with E-state index < -0.39 is 6.10 Å². The van der Waals surface area contributed by atoms with Gasteiger partial charge in [0.25, 0.3) is 5.91 Å². The summed E-state index contributed by atoms with van der Waals surface area (Å²) in [7, 11) is 0. The number of aromatic hydroxyl groups is 1. The van der Waals surface area contributed by atoms with E-state index in [4.69, 9.17) is 9.84 Å². The first kappa shape index (κ1) is 14.6. The van der Waals surface area contributed by atoms with Crippen LogP contribution in [-0.2, 0) is 4.79 Å². The van der Waals surface area contributed by atoms with Crippen molar-refractivity contribution in [3.63, 3.8) is 0 Å². The predicted octanol–water partition coefficient (Wildman–Crippen LogP) is 2.31. The first-order chi connectivity index (χ1) is 10.1. The average molecular weight is 284 g/mol. The van der Waals surface area contributed by atoms with Crippen LogP contribution in [-0.4, -0.2) is 23.3 Å². The highest BCUT2D eigenvalue weighted by molar-refractivity contribution is 5.84. The molecule has 0 spiro atoms. The molecule has 1 amide bonds. The van der Waals surface area contributed by atoms with Crippen molar-refractivity contribution >= 4 is 12.1 Å². The molecule has 2 aromatic rings. The zero-order chi connectivity index (χ0) is 15.1. The molecule has 2 rings (SSSR count). The molecule has 0 aromatic heterocycles. The molecule has 0 fully saturated rings. The van der Waals surface area contributed by atoms with Gasteiger partial charge >= 0.3 is 0 Å². The summed E-state index contributed by atoms with van der Waals surface area (Å²) in [5.41, 5.74) is 3.18. The fourth-order valence-corrected chi connectivity index (χ4v) is 1.58. The average Bonchev–Trinajstić information content (AvgIpc) is 2.50. The van der Waals surface area contributed by atoms with Gasteiger partial charge in [-0.2, -0.15) is 5.10 Å². The van der Waals surface area contributed by atoms with Crippen molar-refractivity contribution in [1.82, 2.24) is 5.43 Å². The third-order valence-electron chi connectivity index (χ3n) is 2.71. The Morgan fingerprint density at radius 3 is 2.52 bits per heavy atom. The molecule has 108 valence electrons. The van der Waals surface area contributed by atoms with Crippen LogP contribution in [0.2, 0.25) is 0 Å². The van der Waals surface area contributed by atoms with Gasteiger partial charge in [0, 0.05) is 0 Å². The second-order valence-electron chi connectivity index (χ2n) is 4.40. The van der Waals surface area contributed by atoms with Crippen LogP contribution in [0, 0.1) is 0 Å². The van der Waals surface area contributed by atoms with Crippen LogP contribution in [0.3, 0.4) is 0 Å². The first-order valence-corrected chi connectivity index (χ1v) is 6.49. The minimum absolute atomic E-state index is 0.182. The zero-order valence-electron chi connectivity index (χ0n) is 11.6. The molecule has 0 saturated heterocycles. The van der Waals surface area contributed by atoms with Crippen LogP contribution < -0.4 is 10.2 Å². The molecular formula is C16H16N2O3. The number of hydrazone groups is 1. The molecule has 0 aliphatic heterocycles. The molecule has 0 saturated carbocycles. The van der Waals surface area contributed by atoms with Gasteiger partial charge in [-0.15, -0.1) is 0 Å². The molecule has 2 aromatic carbocycles. The van der Waals surface area contributed by atoms with E-state index in [0.29, 0.717) is 5.75 Å². The maximum absolute atomic E-state index is 11.8. The number of nitrogens with one attached hydrogen (secondary N) is 1. The maximum Gasteiger partial charge on any atom is 0.280 e. The fraction of sp³-hybridized carbons (Fsp3) is 0.125. The quantitative estimate of drug-likeness (QED) is 0.654. The number of para-hydroxylation sites is 1. The van der Waals surface area contributed by atoms with Crippen molar-refractivity contribution in [3.8, 4) is 11.5 Å². The lowest BCUT2D eigenvalue weighted by Gasteiger charge is -2.12. The van der Waals surface area contributed by atoms with Crippen molar-refractivity contribution in [2.24, 2.45) is 5.10 Å². The highest BCUT2D eigenvalue weighted by Crippen LogP contribution is 2.10. The van der Waals surface area contributed by atoms with E-state index in [0.717, 1.165) is 5.56 Å². The number of phenolic OH excluding ortho intramolecular Hbond substituents is 1. The van der Waals surface area contributed by atoms with Gasteiger partial charge in [-0.3, -0.25) is 4.79 Å². The van der Waals surface area contributed by atoms with E-state index in [1.807, 2.05) is 18.2 Å². The lowest BCUT2D eigenvalue weighted by Crippen LogP contribution is -2.33. The lowest BCUT2D eigenvalue weighted by atomic mass is 10.2. The van der Waals surface area contributed by atoms with Gasteiger partial charge in [0.1, 0.15) is 11.5 Å². The van der Waals surface area contributed by atoms with E-state index >= 15 is 0 Å². The number of hydrogen-bond donors (Lipinski definition) is 2. The number of ether oxygens (including phenoxy) is 1. The Hall–Kier alpha value is -2.82. The third kappa shape index (κ3) is 4.65. The fourth-order valence-electron chi connectivity index (χ4n) is 1.58. The molecule has 0 heterocycles. The van der Waals surface area contributed by atoms with E-state index in [-0.39, 0.29) is 11.7 Å². The van der Waals surface area contributed by atoms with Gasteiger partial charge in [0.15, 0.2) is 6.10 Å². The van der Waals surface area contributed by atoms with Crippen LogP contribution in [0.5, 0.6) is 11.5 Å². The highest BCUT2D eigenvalue weighted by Gasteiger charge is 2.13. The number of nitrogens with zero attached hydrogens (tertiary/aromatic N) is 1. The Labute approximate surface area is 122 Å². The summed E-state index contributed by atoms with van der Waals surface area (Å²) in [5.74, 6) is 0.470. The minimum Gasteiger partial charge on any atom is -0.508 e. The zero-order valence-corrected chi connectivity index (χ0v) is 11.6. The molecule has 0 bridgehead atoms. The Kier molecular flexibility index (Phi) is 4.93. The molecule has 0 aliphatic carbocycles. The van der Waals surface area contributed by atoms with Gasteiger partial charge in [-0.25, -0.2) is 5.43 Å². The lowest BCUT2D eigenvalue weighted by molar-refractivity contribution is -0.127. The smallest absolute Gasteiger partial charge is 0.280 e. The molecule has 1 atom stereocenters. The summed E-state index contributed by atoms with van der Waals surface area (Å²) >= 11 is 0. The largest absolute Gasteiger partial charge is 0.508 e. The number of amides is 1. The van der Waals surface area contributed by atoms with E-state index in [1.54, 1.807) is 43.3 Å². The second kappa shape index (κ2) is 7.09. The molecular weight excluding hydrogens is 268 g/mol. The third-order valence-corrected chi connectivity index (χ3v) is 2.71. The first-order valence-electron chi connectivity index (χ1n) is 6.49. The number of hydrogen-bond acceptors (Lipinski definition) is 4. The van der Waals surface area contributed by atoms with Crippen molar-refractivity contribution in [3.05, 3.63) is 60.2 Å². The Bertz CT molecular complexity index is 609. The number of rotatable bonds is 5. The number of carbonyl (C=O) groups is 1. The summed E-state index contributed by atoms with van der Waals surface area (Å²) < 4.78 is 5.48. The monoisotopic (exact) mass is 284 g/mol. The van der Waals surface area contributed by atoms with Crippen molar-refractivity contribution in [2.75, 3.05) is 0 Å². The van der Waals surface area contributed by atoms with Gasteiger partial charge in [-0.1, -0.05) is 18.2 Å². The standard InChI is InChI=1S/C16H16N2O3/c1-12(21-15-5-3-2-4-6-15)16(20)18-17-11-13-7-9-14(19)10-8-13/h2-12,19H,1H3,(H,18,20)/t12-/m1/s1. The molecule has 0 radical (unpaired) electrons. The summed E-state index contributed by atoms with van der Waals surface area (Å²) in [6.45, 7) is 1.65. The van der Waals surface area contributed by atoms with E-state index in [1.165, 1.54) is 6.21 Å². The minimum atomic E-state index is -0.649. The number of benzene rings is 2. The van der Waals surface area contributed by atoms with Crippen LogP contribution in [0.25, 0.3) is 0 Å². The van der Waals surface area contributed by atoms with Gasteiger partial charge in [0.2, 0.25) is 0 Å². The van der Waals surface area contributed by atoms with E-state index in [9.17, 15) is 4.79 Å². The van der Waals surface area contributed by atoms with Crippen LogP contribution in [0.1, 0.15) is 12.5 Å². The second-order valence-corrected chi connectivity index (χ2v) is 4.40. The molecule has 0 aliphatic rings. The summed E-state index contributed by atoms with van der Waals surface area (Å²) in [6.07, 6.45) is 0.844. The normalized spacial score (nSPS) is 12.0. The van der Waals surface area contributed by atoms with Crippen molar-refractivity contribution in [2.45, 2.75) is 13.0 Å². The maximum atomic E-state index is 11.8. The van der Waals surface area contributed by atoms with Gasteiger partial charge in [-0.05, 0) is 48.9 Å². The van der Waals surface area contributed by atoms with Crippen LogP contribution >= 0.6 is 0 Å². The van der Waals surface area contributed by atoms with E-state index in [2.05, 4.69) is 10.5 Å². The topological polar surface area (TPSA) is 70.9 Å². The molecule has 0 unspecified atom stereocenters. The van der Waals surface area contributed by atoms with Crippen molar-refractivity contribution < 1.29 is 14.6 Å². The summed E-state index contributed by atoms with van der Waals surface area (Å²) in [4.78, 5) is 11.8. The van der Waals surface area contributed by atoms with Gasteiger partial charge < -0.3 is 9.84 Å². The number of phenols is 1. The molecule has 5 heteroatoms. The van der Waals surface area contributed by atoms with Crippen LogP contribution in [0.4, 0.5) is 0 Å². The highest BCUT2D eigenvalue weighted by atomic mass is 16.5. The predicted molar refractivity (Wildman–Crippen MR) is 80.4 cm³/mol. The number of carbonyl (C=O) groups excluding carboxylic acids is 1. The SMILES string of the molecule is C[C@@H](Oc1ccccc1)C(=O)NN=Cc1ccc(O)cc1.